The first-order valence-corrected chi connectivity index (χ1v) is 6.93. The number of nitrogens with zero attached hydrogens (tertiary/aromatic N) is 1. The summed E-state index contributed by atoms with van der Waals surface area (Å²) in [4.78, 5) is 24.7. The van der Waals surface area contributed by atoms with Crippen LogP contribution in [0.25, 0.3) is 0 Å². The highest BCUT2D eigenvalue weighted by molar-refractivity contribution is 5.87. The Morgan fingerprint density at radius 1 is 1.20 bits per heavy atom. The van der Waals surface area contributed by atoms with E-state index in [1.54, 1.807) is 23.1 Å². The highest BCUT2D eigenvalue weighted by Crippen LogP contribution is 2.05. The zero-order chi connectivity index (χ0) is 15.0. The maximum absolute atomic E-state index is 12.0. The van der Waals surface area contributed by atoms with Crippen LogP contribution in [-0.2, 0) is 6.54 Å². The van der Waals surface area contributed by atoms with Crippen LogP contribution in [0.15, 0.2) is 24.3 Å². The van der Waals surface area contributed by atoms with Gasteiger partial charge in [0.2, 0.25) is 0 Å². The molecule has 1 rings (SSSR count). The van der Waals surface area contributed by atoms with Gasteiger partial charge >= 0.3 is 12.0 Å². The molecule has 0 saturated heterocycles. The van der Waals surface area contributed by atoms with E-state index in [4.69, 9.17) is 5.11 Å². The Balaban J connectivity index is 2.59. The largest absolute Gasteiger partial charge is 0.478 e. The molecule has 5 nitrogen and oxygen atoms in total. The molecule has 0 aliphatic carbocycles. The fourth-order valence-corrected chi connectivity index (χ4v) is 1.96. The fourth-order valence-electron chi connectivity index (χ4n) is 1.96. The molecule has 0 aromatic heterocycles. The van der Waals surface area contributed by atoms with Crippen LogP contribution >= 0.6 is 0 Å². The van der Waals surface area contributed by atoms with Crippen LogP contribution in [0.1, 0.15) is 42.6 Å². The monoisotopic (exact) mass is 278 g/mol. The molecular formula is C15H22N2O3. The SMILES string of the molecule is CCCN(CCC)C(=O)NCc1cccc(C(=O)O)c1. The van der Waals surface area contributed by atoms with Crippen molar-refractivity contribution in [1.82, 2.24) is 10.2 Å². The number of amides is 2. The average Bonchev–Trinajstić information content (AvgIpc) is 2.45. The molecule has 2 amide bonds. The molecule has 0 aliphatic heterocycles. The lowest BCUT2D eigenvalue weighted by Gasteiger charge is -2.21. The van der Waals surface area contributed by atoms with Crippen molar-refractivity contribution in [3.63, 3.8) is 0 Å². The molecular weight excluding hydrogens is 256 g/mol. The Labute approximate surface area is 119 Å². The van der Waals surface area contributed by atoms with Gasteiger partial charge in [-0.2, -0.15) is 0 Å². The van der Waals surface area contributed by atoms with Crippen LogP contribution in [0.3, 0.4) is 0 Å². The van der Waals surface area contributed by atoms with E-state index in [-0.39, 0.29) is 11.6 Å². The molecule has 1 aromatic rings. The summed E-state index contributed by atoms with van der Waals surface area (Å²) in [5.74, 6) is -0.961. The van der Waals surface area contributed by atoms with Crippen LogP contribution in [0.2, 0.25) is 0 Å². The molecule has 0 spiro atoms. The van der Waals surface area contributed by atoms with Gasteiger partial charge in [-0.1, -0.05) is 26.0 Å². The molecule has 110 valence electrons. The van der Waals surface area contributed by atoms with Crippen molar-refractivity contribution in [2.45, 2.75) is 33.2 Å². The Bertz CT molecular complexity index is 454. The zero-order valence-electron chi connectivity index (χ0n) is 12.1. The van der Waals surface area contributed by atoms with Crippen LogP contribution in [0.4, 0.5) is 4.79 Å². The molecule has 1 aromatic carbocycles. The molecule has 0 radical (unpaired) electrons. The number of hydrogen-bond donors (Lipinski definition) is 2. The normalized spacial score (nSPS) is 10.1. The van der Waals surface area contributed by atoms with Crippen molar-refractivity contribution < 1.29 is 14.7 Å². The van der Waals surface area contributed by atoms with E-state index in [9.17, 15) is 9.59 Å². The topological polar surface area (TPSA) is 69.6 Å². The fraction of sp³-hybridized carbons (Fsp3) is 0.467. The van der Waals surface area contributed by atoms with Gasteiger partial charge in [-0.05, 0) is 30.5 Å². The van der Waals surface area contributed by atoms with Gasteiger partial charge in [0.1, 0.15) is 0 Å². The number of hydrogen-bond acceptors (Lipinski definition) is 2. The summed E-state index contributed by atoms with van der Waals surface area (Å²) in [7, 11) is 0. The van der Waals surface area contributed by atoms with Gasteiger partial charge in [0.15, 0.2) is 0 Å². The van der Waals surface area contributed by atoms with E-state index in [2.05, 4.69) is 5.32 Å². The first kappa shape index (κ1) is 16.0. The Morgan fingerprint density at radius 3 is 2.40 bits per heavy atom. The standard InChI is InChI=1S/C15H22N2O3/c1-3-8-17(9-4-2)15(20)16-11-12-6-5-7-13(10-12)14(18)19/h5-7,10H,3-4,8-9,11H2,1-2H3,(H,16,20)(H,18,19). The van der Waals surface area contributed by atoms with E-state index in [0.29, 0.717) is 6.54 Å². The van der Waals surface area contributed by atoms with Gasteiger partial charge in [-0.3, -0.25) is 0 Å². The predicted molar refractivity (Wildman–Crippen MR) is 77.8 cm³/mol. The second kappa shape index (κ2) is 8.19. The zero-order valence-corrected chi connectivity index (χ0v) is 12.1. The smallest absolute Gasteiger partial charge is 0.335 e. The third kappa shape index (κ3) is 4.91. The first-order valence-electron chi connectivity index (χ1n) is 6.93. The van der Waals surface area contributed by atoms with Crippen molar-refractivity contribution >= 4 is 12.0 Å². The first-order chi connectivity index (χ1) is 9.58. The Morgan fingerprint density at radius 2 is 1.85 bits per heavy atom. The quantitative estimate of drug-likeness (QED) is 0.805. The number of nitrogens with one attached hydrogen (secondary N) is 1. The molecule has 0 heterocycles. The molecule has 0 aliphatic rings. The Hall–Kier alpha value is -2.04. The molecule has 5 heteroatoms. The third-order valence-electron chi connectivity index (χ3n) is 2.89. The predicted octanol–water partition coefficient (Wildman–Crippen LogP) is 2.72. The summed E-state index contributed by atoms with van der Waals surface area (Å²) in [6.07, 6.45) is 1.84. The summed E-state index contributed by atoms with van der Waals surface area (Å²) in [5, 5.41) is 11.7. The van der Waals surface area contributed by atoms with Crippen LogP contribution in [0.5, 0.6) is 0 Å². The number of rotatable bonds is 7. The van der Waals surface area contributed by atoms with E-state index in [1.165, 1.54) is 6.07 Å². The van der Waals surface area contributed by atoms with Crippen molar-refractivity contribution in [1.29, 1.82) is 0 Å². The maximum atomic E-state index is 12.0. The molecule has 0 saturated carbocycles. The van der Waals surface area contributed by atoms with Crippen molar-refractivity contribution in [3.05, 3.63) is 35.4 Å². The van der Waals surface area contributed by atoms with Gasteiger partial charge < -0.3 is 15.3 Å². The van der Waals surface area contributed by atoms with Gasteiger partial charge in [0.25, 0.3) is 0 Å². The summed E-state index contributed by atoms with van der Waals surface area (Å²) < 4.78 is 0. The number of carbonyl (C=O) groups excluding carboxylic acids is 1. The summed E-state index contributed by atoms with van der Waals surface area (Å²) in [6, 6.07) is 6.49. The summed E-state index contributed by atoms with van der Waals surface area (Å²) in [6.45, 7) is 5.87. The summed E-state index contributed by atoms with van der Waals surface area (Å²) in [5.41, 5.74) is 1.02. The van der Waals surface area contributed by atoms with E-state index < -0.39 is 5.97 Å². The summed E-state index contributed by atoms with van der Waals surface area (Å²) >= 11 is 0. The number of carbonyl (C=O) groups is 2. The minimum absolute atomic E-state index is 0.102. The lowest BCUT2D eigenvalue weighted by Crippen LogP contribution is -2.40. The number of urea groups is 1. The number of aromatic carboxylic acids is 1. The van der Waals surface area contributed by atoms with Gasteiger partial charge in [0.05, 0.1) is 5.56 Å². The lowest BCUT2D eigenvalue weighted by molar-refractivity contribution is 0.0696. The molecule has 0 unspecified atom stereocenters. The van der Waals surface area contributed by atoms with Crippen molar-refractivity contribution in [2.75, 3.05) is 13.1 Å². The molecule has 0 atom stereocenters. The van der Waals surface area contributed by atoms with Crippen molar-refractivity contribution in [3.8, 4) is 0 Å². The molecule has 0 bridgehead atoms. The highest BCUT2D eigenvalue weighted by atomic mass is 16.4. The van der Waals surface area contributed by atoms with Gasteiger partial charge in [-0.15, -0.1) is 0 Å². The minimum Gasteiger partial charge on any atom is -0.478 e. The van der Waals surface area contributed by atoms with Crippen LogP contribution < -0.4 is 5.32 Å². The maximum Gasteiger partial charge on any atom is 0.335 e. The van der Waals surface area contributed by atoms with Crippen LogP contribution in [0, 0.1) is 0 Å². The van der Waals surface area contributed by atoms with E-state index in [0.717, 1.165) is 31.5 Å². The van der Waals surface area contributed by atoms with Gasteiger partial charge in [0, 0.05) is 19.6 Å². The highest BCUT2D eigenvalue weighted by Gasteiger charge is 2.11. The van der Waals surface area contributed by atoms with E-state index in [1.807, 2.05) is 13.8 Å². The molecule has 2 N–H and O–H groups in total. The number of carboxylic acids is 1. The number of benzene rings is 1. The second-order valence-electron chi connectivity index (χ2n) is 4.65. The molecule has 20 heavy (non-hydrogen) atoms. The number of carboxylic acid groups (broad SMARTS) is 1. The lowest BCUT2D eigenvalue weighted by atomic mass is 10.1. The average molecular weight is 278 g/mol. The van der Waals surface area contributed by atoms with Gasteiger partial charge in [-0.25, -0.2) is 9.59 Å². The third-order valence-corrected chi connectivity index (χ3v) is 2.89. The Kier molecular flexibility index (Phi) is 6.56. The second-order valence-corrected chi connectivity index (χ2v) is 4.65. The van der Waals surface area contributed by atoms with Crippen molar-refractivity contribution in [2.24, 2.45) is 0 Å². The minimum atomic E-state index is -0.961. The van der Waals surface area contributed by atoms with Crippen LogP contribution in [-0.4, -0.2) is 35.1 Å². The molecule has 0 fully saturated rings. The van der Waals surface area contributed by atoms with E-state index >= 15 is 0 Å².